The van der Waals surface area contributed by atoms with Crippen molar-refractivity contribution in [1.82, 2.24) is 4.98 Å². The molecule has 9 heteroatoms. The summed E-state index contributed by atoms with van der Waals surface area (Å²) in [6.07, 6.45) is 1.08. The van der Waals surface area contributed by atoms with Crippen LogP contribution in [0, 0.1) is 0 Å². The van der Waals surface area contributed by atoms with Crippen LogP contribution in [-0.4, -0.2) is 29.6 Å². The van der Waals surface area contributed by atoms with E-state index in [2.05, 4.69) is 10.3 Å². The van der Waals surface area contributed by atoms with E-state index in [0.29, 0.717) is 31.0 Å². The van der Waals surface area contributed by atoms with Crippen LogP contribution in [-0.2, 0) is 16.1 Å². The van der Waals surface area contributed by atoms with Crippen molar-refractivity contribution in [3.8, 4) is 5.75 Å². The third kappa shape index (κ3) is 6.13. The summed E-state index contributed by atoms with van der Waals surface area (Å²) in [6, 6.07) is 7.30. The second-order valence-electron chi connectivity index (χ2n) is 5.35. The number of thiazole rings is 1. The fourth-order valence-corrected chi connectivity index (χ4v) is 2.97. The van der Waals surface area contributed by atoms with Gasteiger partial charge in [0.15, 0.2) is 0 Å². The van der Waals surface area contributed by atoms with Crippen molar-refractivity contribution < 1.29 is 14.3 Å². The van der Waals surface area contributed by atoms with Crippen LogP contribution in [0.5, 0.6) is 5.75 Å². The quantitative estimate of drug-likeness (QED) is 0.770. The van der Waals surface area contributed by atoms with E-state index in [9.17, 15) is 4.79 Å². The van der Waals surface area contributed by atoms with E-state index in [1.807, 2.05) is 23.6 Å². The van der Waals surface area contributed by atoms with Gasteiger partial charge in [-0.3, -0.25) is 4.79 Å². The first-order valence-corrected chi connectivity index (χ1v) is 8.45. The summed E-state index contributed by atoms with van der Waals surface area (Å²) in [4.78, 5) is 16.4. The number of halogens is 2. The van der Waals surface area contributed by atoms with Crippen LogP contribution in [0.1, 0.15) is 18.5 Å². The SMILES string of the molecule is Cl.Cl.NC[C@H]1CC[C@@H](C(=O)Nc2cccc(OCc3cscn3)c2)O1. The Bertz CT molecular complexity index is 658. The fourth-order valence-electron chi connectivity index (χ4n) is 2.42. The number of hydrogen-bond donors (Lipinski definition) is 2. The average Bonchev–Trinajstić information content (AvgIpc) is 3.25. The molecule has 1 aromatic heterocycles. The van der Waals surface area contributed by atoms with Gasteiger partial charge in [-0.2, -0.15) is 0 Å². The largest absolute Gasteiger partial charge is 0.487 e. The van der Waals surface area contributed by atoms with Crippen LogP contribution in [0.2, 0.25) is 0 Å². The van der Waals surface area contributed by atoms with Gasteiger partial charge in [0.2, 0.25) is 0 Å². The Hall–Kier alpha value is -1.38. The number of ether oxygens (including phenoxy) is 2. The van der Waals surface area contributed by atoms with Gasteiger partial charge in [-0.1, -0.05) is 6.07 Å². The van der Waals surface area contributed by atoms with Gasteiger partial charge in [-0.25, -0.2) is 4.98 Å². The minimum atomic E-state index is -0.428. The van der Waals surface area contributed by atoms with Gasteiger partial charge in [-0.15, -0.1) is 36.2 Å². The minimum absolute atomic E-state index is 0. The molecule has 0 aliphatic carbocycles. The molecule has 1 aliphatic rings. The second kappa shape index (κ2) is 10.6. The maximum absolute atomic E-state index is 12.2. The van der Waals surface area contributed by atoms with E-state index in [-0.39, 0.29) is 36.8 Å². The Balaban J connectivity index is 0.00000156. The molecule has 25 heavy (non-hydrogen) atoms. The number of aromatic nitrogens is 1. The number of carbonyl (C=O) groups is 1. The topological polar surface area (TPSA) is 86.5 Å². The predicted octanol–water partition coefficient (Wildman–Crippen LogP) is 3.01. The van der Waals surface area contributed by atoms with Crippen molar-refractivity contribution >= 4 is 47.7 Å². The molecule has 0 spiro atoms. The number of nitrogens with zero attached hydrogens (tertiary/aromatic N) is 1. The van der Waals surface area contributed by atoms with Crippen LogP contribution in [0.3, 0.4) is 0 Å². The van der Waals surface area contributed by atoms with E-state index in [0.717, 1.165) is 12.1 Å². The zero-order valence-corrected chi connectivity index (χ0v) is 15.9. The third-order valence-electron chi connectivity index (χ3n) is 3.63. The second-order valence-corrected chi connectivity index (χ2v) is 6.06. The van der Waals surface area contributed by atoms with Gasteiger partial charge in [0.05, 0.1) is 17.3 Å². The summed E-state index contributed by atoms with van der Waals surface area (Å²) in [5.41, 5.74) is 8.91. The molecular formula is C16H21Cl2N3O3S. The van der Waals surface area contributed by atoms with Gasteiger partial charge >= 0.3 is 0 Å². The molecule has 3 N–H and O–H groups in total. The monoisotopic (exact) mass is 405 g/mol. The molecule has 0 bridgehead atoms. The Morgan fingerprint density at radius 1 is 1.40 bits per heavy atom. The highest BCUT2D eigenvalue weighted by molar-refractivity contribution is 7.07. The van der Waals surface area contributed by atoms with Crippen molar-refractivity contribution in [3.63, 3.8) is 0 Å². The highest BCUT2D eigenvalue weighted by Crippen LogP contribution is 2.22. The normalized spacial score (nSPS) is 18.8. The van der Waals surface area contributed by atoms with Crippen LogP contribution in [0.15, 0.2) is 35.2 Å². The van der Waals surface area contributed by atoms with Crippen molar-refractivity contribution in [2.75, 3.05) is 11.9 Å². The molecule has 0 unspecified atom stereocenters. The smallest absolute Gasteiger partial charge is 0.253 e. The van der Waals surface area contributed by atoms with Gasteiger partial charge in [0.1, 0.15) is 18.5 Å². The zero-order valence-electron chi connectivity index (χ0n) is 13.4. The highest BCUT2D eigenvalue weighted by atomic mass is 35.5. The summed E-state index contributed by atoms with van der Waals surface area (Å²) in [6.45, 7) is 0.856. The van der Waals surface area contributed by atoms with Crippen LogP contribution >= 0.6 is 36.2 Å². The van der Waals surface area contributed by atoms with Crippen molar-refractivity contribution in [2.24, 2.45) is 5.73 Å². The summed E-state index contributed by atoms with van der Waals surface area (Å²) in [5, 5.41) is 4.81. The molecule has 1 fully saturated rings. The lowest BCUT2D eigenvalue weighted by atomic mass is 10.2. The van der Waals surface area contributed by atoms with Crippen LogP contribution in [0.4, 0.5) is 5.69 Å². The number of benzene rings is 1. The summed E-state index contributed by atoms with van der Waals surface area (Å²) >= 11 is 1.53. The number of hydrogen-bond acceptors (Lipinski definition) is 6. The summed E-state index contributed by atoms with van der Waals surface area (Å²) < 4.78 is 11.3. The van der Waals surface area contributed by atoms with Gasteiger partial charge in [-0.05, 0) is 25.0 Å². The molecule has 2 atom stereocenters. The number of carbonyl (C=O) groups excluding carboxylic acids is 1. The lowest BCUT2D eigenvalue weighted by Crippen LogP contribution is -2.29. The average molecular weight is 406 g/mol. The Labute approximate surface area is 162 Å². The van der Waals surface area contributed by atoms with Gasteiger partial charge < -0.3 is 20.5 Å². The van der Waals surface area contributed by atoms with E-state index in [4.69, 9.17) is 15.2 Å². The lowest BCUT2D eigenvalue weighted by Gasteiger charge is -2.13. The number of nitrogens with two attached hydrogens (primary N) is 1. The molecule has 3 rings (SSSR count). The van der Waals surface area contributed by atoms with E-state index >= 15 is 0 Å². The van der Waals surface area contributed by atoms with E-state index < -0.39 is 6.10 Å². The maximum atomic E-state index is 12.2. The zero-order chi connectivity index (χ0) is 16.1. The minimum Gasteiger partial charge on any atom is -0.487 e. The highest BCUT2D eigenvalue weighted by Gasteiger charge is 2.29. The van der Waals surface area contributed by atoms with Crippen molar-refractivity contribution in [1.29, 1.82) is 0 Å². The Morgan fingerprint density at radius 3 is 2.92 bits per heavy atom. The van der Waals surface area contributed by atoms with E-state index in [1.165, 1.54) is 11.3 Å². The summed E-state index contributed by atoms with van der Waals surface area (Å²) in [5.74, 6) is 0.542. The number of nitrogens with one attached hydrogen (secondary N) is 1. The standard InChI is InChI=1S/C16H19N3O3S.2ClH/c17-7-14-4-5-15(22-14)16(20)19-11-2-1-3-13(6-11)21-8-12-9-23-10-18-12;;/h1-3,6,9-10,14-15H,4-5,7-8,17H2,(H,19,20);2*1H/t14-,15+;;/m1../s1. The molecule has 2 heterocycles. The first-order chi connectivity index (χ1) is 11.2. The maximum Gasteiger partial charge on any atom is 0.253 e. The fraction of sp³-hybridized carbons (Fsp3) is 0.375. The van der Waals surface area contributed by atoms with Gasteiger partial charge in [0.25, 0.3) is 5.91 Å². The first-order valence-electron chi connectivity index (χ1n) is 7.51. The molecule has 2 aromatic rings. The number of rotatable bonds is 6. The van der Waals surface area contributed by atoms with Crippen LogP contribution in [0.25, 0.3) is 0 Å². The van der Waals surface area contributed by atoms with Crippen molar-refractivity contribution in [3.05, 3.63) is 40.8 Å². The van der Waals surface area contributed by atoms with Crippen LogP contribution < -0.4 is 15.8 Å². The van der Waals surface area contributed by atoms with Crippen molar-refractivity contribution in [2.45, 2.75) is 31.7 Å². The molecule has 0 radical (unpaired) electrons. The molecular weight excluding hydrogens is 385 g/mol. The predicted molar refractivity (Wildman–Crippen MR) is 103 cm³/mol. The molecule has 1 aromatic carbocycles. The molecule has 138 valence electrons. The third-order valence-corrected chi connectivity index (χ3v) is 4.27. The first kappa shape index (κ1) is 21.7. The Kier molecular flexibility index (Phi) is 9.16. The van der Waals surface area contributed by atoms with Gasteiger partial charge in [0, 0.05) is 23.7 Å². The molecule has 6 nitrogen and oxygen atoms in total. The summed E-state index contributed by atoms with van der Waals surface area (Å²) in [7, 11) is 0. The van der Waals surface area contributed by atoms with E-state index in [1.54, 1.807) is 11.6 Å². The number of amides is 1. The lowest BCUT2D eigenvalue weighted by molar-refractivity contribution is -0.126. The molecule has 1 saturated heterocycles. The molecule has 0 saturated carbocycles. The molecule has 1 aliphatic heterocycles. The number of anilines is 1. The molecule has 1 amide bonds. The Morgan fingerprint density at radius 2 is 2.24 bits per heavy atom.